The molecular weight excluding hydrogens is 419 g/mol. The Kier molecular flexibility index (Phi) is 10.3. The van der Waals surface area contributed by atoms with Crippen LogP contribution >= 0.6 is 24.0 Å². The van der Waals surface area contributed by atoms with Crippen molar-refractivity contribution in [2.75, 3.05) is 27.2 Å². The van der Waals surface area contributed by atoms with Gasteiger partial charge in [-0.3, -0.25) is 9.48 Å². The number of hydrogen-bond donors (Lipinski definition) is 2. The van der Waals surface area contributed by atoms with Gasteiger partial charge in [-0.25, -0.2) is 4.99 Å². The summed E-state index contributed by atoms with van der Waals surface area (Å²) in [4.78, 5) is 17.8. The number of rotatable bonds is 7. The molecule has 1 rings (SSSR count). The number of aliphatic imine (C=N–C) groups is 1. The molecule has 0 saturated heterocycles. The molecule has 24 heavy (non-hydrogen) atoms. The zero-order valence-corrected chi connectivity index (χ0v) is 17.5. The number of carbonyl (C=O) groups excluding carboxylic acids is 1. The first-order chi connectivity index (χ1) is 10.8. The minimum absolute atomic E-state index is 0. The van der Waals surface area contributed by atoms with Crippen LogP contribution in [0.4, 0.5) is 0 Å². The third kappa shape index (κ3) is 7.80. The quantitative estimate of drug-likeness (QED) is 0.286. The summed E-state index contributed by atoms with van der Waals surface area (Å²) in [5, 5.41) is 10.6. The molecule has 0 aliphatic carbocycles. The van der Waals surface area contributed by atoms with Gasteiger partial charge in [-0.05, 0) is 13.3 Å². The summed E-state index contributed by atoms with van der Waals surface area (Å²) in [6, 6.07) is 0. The van der Waals surface area contributed by atoms with Gasteiger partial charge in [0.25, 0.3) is 0 Å². The standard InChI is InChI=1S/C16H28N6O.HI/c1-7-14-13(11-22(6)20-14)9-18-16(17-8-12(2)3)19-10-15(23)21(4)5;/h11H,2,7-10H2,1,3-6H3,(H2,17,18,19);1H. The van der Waals surface area contributed by atoms with Crippen LogP contribution < -0.4 is 10.6 Å². The molecule has 0 aliphatic heterocycles. The van der Waals surface area contributed by atoms with Crippen molar-refractivity contribution in [2.24, 2.45) is 12.0 Å². The second-order valence-electron chi connectivity index (χ2n) is 5.75. The van der Waals surface area contributed by atoms with Crippen LogP contribution in [0, 0.1) is 0 Å². The highest BCUT2D eigenvalue weighted by molar-refractivity contribution is 14.0. The minimum Gasteiger partial charge on any atom is -0.353 e. The Morgan fingerprint density at radius 3 is 2.54 bits per heavy atom. The van der Waals surface area contributed by atoms with Gasteiger partial charge in [0, 0.05) is 39.4 Å². The largest absolute Gasteiger partial charge is 0.353 e. The van der Waals surface area contributed by atoms with Crippen LogP contribution in [-0.4, -0.2) is 53.7 Å². The second kappa shape index (κ2) is 11.1. The molecule has 0 saturated carbocycles. The molecule has 2 N–H and O–H groups in total. The Bertz CT molecular complexity index is 579. The lowest BCUT2D eigenvalue weighted by Gasteiger charge is -2.15. The number of hydrogen-bond acceptors (Lipinski definition) is 3. The number of likely N-dealkylation sites (N-methyl/N-ethyl adjacent to an activating group) is 1. The predicted octanol–water partition coefficient (Wildman–Crippen LogP) is 1.30. The van der Waals surface area contributed by atoms with Gasteiger partial charge in [-0.2, -0.15) is 5.10 Å². The van der Waals surface area contributed by atoms with Crippen molar-refractivity contribution < 1.29 is 4.79 Å². The molecule has 8 heteroatoms. The molecule has 1 aromatic rings. The smallest absolute Gasteiger partial charge is 0.241 e. The van der Waals surface area contributed by atoms with E-state index < -0.39 is 0 Å². The zero-order chi connectivity index (χ0) is 17.4. The first kappa shape index (κ1) is 22.4. The highest BCUT2D eigenvalue weighted by Crippen LogP contribution is 2.08. The van der Waals surface area contributed by atoms with Gasteiger partial charge in [-0.1, -0.05) is 19.1 Å². The second-order valence-corrected chi connectivity index (χ2v) is 5.75. The number of carbonyl (C=O) groups is 1. The molecule has 0 atom stereocenters. The van der Waals surface area contributed by atoms with Gasteiger partial charge in [-0.15, -0.1) is 24.0 Å². The Morgan fingerprint density at radius 2 is 2.00 bits per heavy atom. The molecule has 1 amide bonds. The van der Waals surface area contributed by atoms with Crippen molar-refractivity contribution in [2.45, 2.75) is 26.8 Å². The van der Waals surface area contributed by atoms with Crippen molar-refractivity contribution in [1.29, 1.82) is 0 Å². The van der Waals surface area contributed by atoms with Crippen molar-refractivity contribution >= 4 is 35.8 Å². The molecule has 1 heterocycles. The molecule has 0 bridgehead atoms. The summed E-state index contributed by atoms with van der Waals surface area (Å²) in [7, 11) is 5.36. The first-order valence-corrected chi connectivity index (χ1v) is 7.71. The number of halogens is 1. The Hall–Kier alpha value is -1.58. The maximum Gasteiger partial charge on any atom is 0.241 e. The fourth-order valence-electron chi connectivity index (χ4n) is 1.90. The topological polar surface area (TPSA) is 74.5 Å². The molecule has 0 aliphatic rings. The normalized spacial score (nSPS) is 10.8. The summed E-state index contributed by atoms with van der Waals surface area (Å²) in [5.74, 6) is 0.583. The van der Waals surface area contributed by atoms with E-state index in [0.29, 0.717) is 19.0 Å². The van der Waals surface area contributed by atoms with Crippen LogP contribution in [0.1, 0.15) is 25.1 Å². The number of guanidine groups is 1. The van der Waals surface area contributed by atoms with Gasteiger partial charge in [0.2, 0.25) is 5.91 Å². The summed E-state index contributed by atoms with van der Waals surface area (Å²) in [6.45, 7) is 9.19. The van der Waals surface area contributed by atoms with E-state index in [1.54, 1.807) is 23.7 Å². The maximum absolute atomic E-state index is 11.7. The number of amides is 1. The summed E-state index contributed by atoms with van der Waals surface area (Å²) in [6.07, 6.45) is 2.84. The lowest BCUT2D eigenvalue weighted by Crippen LogP contribution is -2.43. The van der Waals surface area contributed by atoms with Crippen molar-refractivity contribution in [3.63, 3.8) is 0 Å². The number of aromatic nitrogens is 2. The van der Waals surface area contributed by atoms with Gasteiger partial charge in [0.15, 0.2) is 5.96 Å². The molecule has 136 valence electrons. The Balaban J connectivity index is 0.00000529. The average Bonchev–Trinajstić information content (AvgIpc) is 2.85. The van der Waals surface area contributed by atoms with Crippen molar-refractivity contribution in [1.82, 2.24) is 25.3 Å². The predicted molar refractivity (Wildman–Crippen MR) is 109 cm³/mol. The van der Waals surface area contributed by atoms with E-state index >= 15 is 0 Å². The molecule has 0 spiro atoms. The molecule has 0 fully saturated rings. The van der Waals surface area contributed by atoms with E-state index in [1.165, 1.54) is 0 Å². The molecular formula is C16H29IN6O. The molecule has 0 aromatic carbocycles. The fraction of sp³-hybridized carbons (Fsp3) is 0.562. The third-order valence-electron chi connectivity index (χ3n) is 3.20. The molecule has 1 aromatic heterocycles. The molecule has 0 unspecified atom stereocenters. The Morgan fingerprint density at radius 1 is 1.38 bits per heavy atom. The highest BCUT2D eigenvalue weighted by atomic mass is 127. The highest BCUT2D eigenvalue weighted by Gasteiger charge is 2.08. The molecule has 7 nitrogen and oxygen atoms in total. The molecule has 0 radical (unpaired) electrons. The van der Waals surface area contributed by atoms with E-state index in [4.69, 9.17) is 0 Å². The van der Waals surface area contributed by atoms with Crippen LogP contribution in [0.25, 0.3) is 0 Å². The number of nitrogens with one attached hydrogen (secondary N) is 2. The minimum atomic E-state index is -0.00884. The van der Waals surface area contributed by atoms with E-state index in [0.717, 1.165) is 23.3 Å². The maximum atomic E-state index is 11.7. The van der Waals surface area contributed by atoms with E-state index in [9.17, 15) is 4.79 Å². The first-order valence-electron chi connectivity index (χ1n) is 7.71. The van der Waals surface area contributed by atoms with E-state index in [2.05, 4.69) is 34.2 Å². The van der Waals surface area contributed by atoms with Crippen LogP contribution in [0.3, 0.4) is 0 Å². The zero-order valence-electron chi connectivity index (χ0n) is 15.2. The monoisotopic (exact) mass is 448 g/mol. The third-order valence-corrected chi connectivity index (χ3v) is 3.20. The van der Waals surface area contributed by atoms with E-state index in [1.807, 2.05) is 20.2 Å². The summed E-state index contributed by atoms with van der Waals surface area (Å²) in [5.41, 5.74) is 3.12. The lowest BCUT2D eigenvalue weighted by molar-refractivity contribution is -0.127. The van der Waals surface area contributed by atoms with Crippen molar-refractivity contribution in [3.8, 4) is 0 Å². The lowest BCUT2D eigenvalue weighted by atomic mass is 10.2. The van der Waals surface area contributed by atoms with E-state index in [-0.39, 0.29) is 36.4 Å². The van der Waals surface area contributed by atoms with Gasteiger partial charge in [0.05, 0.1) is 18.8 Å². The van der Waals surface area contributed by atoms with Crippen LogP contribution in [0.5, 0.6) is 0 Å². The van der Waals surface area contributed by atoms with Crippen LogP contribution in [0.15, 0.2) is 23.3 Å². The van der Waals surface area contributed by atoms with Gasteiger partial charge in [0.1, 0.15) is 0 Å². The van der Waals surface area contributed by atoms with Crippen LogP contribution in [0.2, 0.25) is 0 Å². The van der Waals surface area contributed by atoms with Gasteiger partial charge < -0.3 is 15.5 Å². The number of nitrogens with zero attached hydrogens (tertiary/aromatic N) is 4. The number of aryl methyl sites for hydroxylation is 2. The van der Waals surface area contributed by atoms with Gasteiger partial charge >= 0.3 is 0 Å². The summed E-state index contributed by atoms with van der Waals surface area (Å²) >= 11 is 0. The van der Waals surface area contributed by atoms with Crippen LogP contribution in [-0.2, 0) is 24.8 Å². The average molecular weight is 448 g/mol. The summed E-state index contributed by atoms with van der Waals surface area (Å²) < 4.78 is 1.80. The Labute approximate surface area is 161 Å². The SMILES string of the molecule is C=C(C)CNC(=NCc1cn(C)nc1CC)NCC(=O)N(C)C.I. The fourth-order valence-corrected chi connectivity index (χ4v) is 1.90. The van der Waals surface area contributed by atoms with Crippen molar-refractivity contribution in [3.05, 3.63) is 29.6 Å².